The van der Waals surface area contributed by atoms with Gasteiger partial charge in [0.15, 0.2) is 0 Å². The first kappa shape index (κ1) is 19.8. The van der Waals surface area contributed by atoms with Gasteiger partial charge < -0.3 is 4.74 Å². The molecule has 0 spiro atoms. The summed E-state index contributed by atoms with van der Waals surface area (Å²) >= 11 is 6.65. The van der Waals surface area contributed by atoms with Crippen molar-refractivity contribution in [3.63, 3.8) is 0 Å². The molecule has 1 aliphatic heterocycles. The molecule has 0 aromatic heterocycles. The summed E-state index contributed by atoms with van der Waals surface area (Å²) in [5.41, 5.74) is 2.27. The predicted octanol–water partition coefficient (Wildman–Crippen LogP) is 4.82. The van der Waals surface area contributed by atoms with Gasteiger partial charge >= 0.3 is 5.97 Å². The van der Waals surface area contributed by atoms with E-state index in [0.29, 0.717) is 0 Å². The van der Waals surface area contributed by atoms with E-state index < -0.39 is 17.3 Å². The molecule has 0 bridgehead atoms. The Morgan fingerprint density at radius 2 is 1.38 bits per heavy atom. The number of carbonyl (C=O) groups excluding carboxylic acids is 1. The van der Waals surface area contributed by atoms with Crippen molar-refractivity contribution < 1.29 is 9.53 Å². The molecule has 4 rings (SSSR count). The van der Waals surface area contributed by atoms with Crippen molar-refractivity contribution in [1.82, 2.24) is 0 Å². The van der Waals surface area contributed by atoms with Gasteiger partial charge in [-0.25, -0.2) is 4.79 Å². The molecule has 0 saturated heterocycles. The third-order valence-electron chi connectivity index (χ3n) is 5.73. The average molecular weight is 418 g/mol. The summed E-state index contributed by atoms with van der Waals surface area (Å²) in [4.78, 5) is 12.1. The van der Waals surface area contributed by atoms with Crippen LogP contribution >= 0.6 is 6.04 Å². The van der Waals surface area contributed by atoms with Crippen molar-refractivity contribution in [2.75, 3.05) is 0 Å². The SMILES string of the molecule is Cc1ccc(C(C)(C2C=CC(=O)O2)P(=S)(c2ccccc2)c2ccccc2)cc1. The van der Waals surface area contributed by atoms with Gasteiger partial charge in [-0.05, 0) is 36.1 Å². The molecule has 0 amide bonds. The van der Waals surface area contributed by atoms with E-state index in [1.807, 2.05) is 42.5 Å². The van der Waals surface area contributed by atoms with Crippen LogP contribution in [0, 0.1) is 6.92 Å². The molecule has 0 saturated carbocycles. The molecule has 0 fully saturated rings. The van der Waals surface area contributed by atoms with Crippen LogP contribution in [0.25, 0.3) is 0 Å². The van der Waals surface area contributed by atoms with Crippen LogP contribution in [0.4, 0.5) is 0 Å². The summed E-state index contributed by atoms with van der Waals surface area (Å²) in [6.07, 6.45) is 2.96. The minimum atomic E-state index is -2.45. The smallest absolute Gasteiger partial charge is 0.331 e. The Morgan fingerprint density at radius 3 is 1.83 bits per heavy atom. The minimum Gasteiger partial charge on any atom is -0.454 e. The van der Waals surface area contributed by atoms with Gasteiger partial charge in [-0.1, -0.05) is 102 Å². The number of carbonyl (C=O) groups is 1. The first-order valence-electron chi connectivity index (χ1n) is 9.63. The standard InChI is InChI=1S/C25H23O2PS/c1-19-13-15-20(16-14-19)25(2,23-17-18-24(26)27-23)28(29,21-9-5-3-6-10-21)22-11-7-4-8-12-22/h3-18,23H,1-2H3. The third kappa shape index (κ3) is 3.29. The van der Waals surface area contributed by atoms with E-state index in [1.54, 1.807) is 0 Å². The predicted molar refractivity (Wildman–Crippen MR) is 124 cm³/mol. The molecule has 0 N–H and O–H groups in total. The summed E-state index contributed by atoms with van der Waals surface area (Å²) in [6.45, 7) is 4.23. The number of aryl methyl sites for hydroxylation is 1. The molecular weight excluding hydrogens is 395 g/mol. The van der Waals surface area contributed by atoms with Crippen molar-refractivity contribution in [3.05, 3.63) is 108 Å². The van der Waals surface area contributed by atoms with Crippen molar-refractivity contribution in [2.45, 2.75) is 25.1 Å². The average Bonchev–Trinajstić information content (AvgIpc) is 3.21. The fourth-order valence-electron chi connectivity index (χ4n) is 4.05. The van der Waals surface area contributed by atoms with Crippen molar-refractivity contribution in [3.8, 4) is 0 Å². The maximum absolute atomic E-state index is 12.1. The molecule has 4 heteroatoms. The van der Waals surface area contributed by atoms with Crippen molar-refractivity contribution >= 4 is 34.4 Å². The van der Waals surface area contributed by atoms with Gasteiger partial charge in [0.2, 0.25) is 0 Å². The van der Waals surface area contributed by atoms with Crippen molar-refractivity contribution in [2.24, 2.45) is 0 Å². The van der Waals surface area contributed by atoms with Gasteiger partial charge in [0.05, 0.1) is 5.16 Å². The number of benzene rings is 3. The van der Waals surface area contributed by atoms with E-state index in [-0.39, 0.29) is 5.97 Å². The normalized spacial score (nSPS) is 18.3. The van der Waals surface area contributed by atoms with E-state index >= 15 is 0 Å². The van der Waals surface area contributed by atoms with Crippen LogP contribution in [0.15, 0.2) is 97.1 Å². The van der Waals surface area contributed by atoms with Crippen LogP contribution in [-0.4, -0.2) is 12.1 Å². The molecule has 3 aromatic rings. The summed E-state index contributed by atoms with van der Waals surface area (Å²) in [7, 11) is 0. The Balaban J connectivity index is 2.04. The largest absolute Gasteiger partial charge is 0.454 e. The van der Waals surface area contributed by atoms with Crippen LogP contribution < -0.4 is 10.6 Å². The lowest BCUT2D eigenvalue weighted by Crippen LogP contribution is -2.42. The highest BCUT2D eigenvalue weighted by Crippen LogP contribution is 2.64. The Bertz CT molecular complexity index is 1050. The first-order chi connectivity index (χ1) is 14.0. The second-order valence-corrected chi connectivity index (χ2v) is 12.3. The van der Waals surface area contributed by atoms with Crippen molar-refractivity contribution in [1.29, 1.82) is 0 Å². The number of hydrogen-bond donors (Lipinski definition) is 0. The second-order valence-electron chi connectivity index (χ2n) is 7.51. The van der Waals surface area contributed by atoms with Crippen LogP contribution in [0.2, 0.25) is 0 Å². The maximum atomic E-state index is 12.1. The lowest BCUT2D eigenvalue weighted by molar-refractivity contribution is -0.139. The second kappa shape index (κ2) is 7.74. The van der Waals surface area contributed by atoms with Gasteiger partial charge in [-0.15, -0.1) is 0 Å². The fourth-order valence-corrected chi connectivity index (χ4v) is 8.97. The highest BCUT2D eigenvalue weighted by atomic mass is 32.4. The van der Waals surface area contributed by atoms with Crippen LogP contribution in [0.1, 0.15) is 18.1 Å². The summed E-state index contributed by atoms with van der Waals surface area (Å²) in [6, 6.07) is 26.6. The molecular formula is C25H23O2PS. The molecule has 1 aliphatic rings. The molecule has 2 unspecified atom stereocenters. The van der Waals surface area contributed by atoms with Gasteiger partial charge in [-0.3, -0.25) is 0 Å². The highest BCUT2D eigenvalue weighted by Gasteiger charge is 2.51. The number of hydrogen-bond acceptors (Lipinski definition) is 3. The van der Waals surface area contributed by atoms with E-state index in [2.05, 4.69) is 62.4 Å². The fraction of sp³-hybridized carbons (Fsp3) is 0.160. The summed E-state index contributed by atoms with van der Waals surface area (Å²) in [5, 5.41) is 1.63. The molecule has 0 radical (unpaired) electrons. The Kier molecular flexibility index (Phi) is 5.29. The van der Waals surface area contributed by atoms with Gasteiger partial charge in [0.25, 0.3) is 0 Å². The summed E-state index contributed by atoms with van der Waals surface area (Å²) in [5.74, 6) is -0.309. The van der Waals surface area contributed by atoms with Gasteiger partial charge in [-0.2, -0.15) is 0 Å². The van der Waals surface area contributed by atoms with Crippen LogP contribution in [0.5, 0.6) is 0 Å². The zero-order chi connectivity index (χ0) is 20.5. The molecule has 29 heavy (non-hydrogen) atoms. The van der Waals surface area contributed by atoms with Gasteiger partial charge in [0.1, 0.15) is 6.10 Å². The zero-order valence-corrected chi connectivity index (χ0v) is 18.2. The first-order valence-corrected chi connectivity index (χ1v) is 12.4. The number of cyclic esters (lactones) is 1. The van der Waals surface area contributed by atoms with Crippen LogP contribution in [0.3, 0.4) is 0 Å². The van der Waals surface area contributed by atoms with Gasteiger partial charge in [0, 0.05) is 12.1 Å². The molecule has 3 aromatic carbocycles. The Morgan fingerprint density at radius 1 is 0.862 bits per heavy atom. The topological polar surface area (TPSA) is 26.3 Å². The Labute approximate surface area is 177 Å². The summed E-state index contributed by atoms with van der Waals surface area (Å²) < 4.78 is 5.81. The monoisotopic (exact) mass is 418 g/mol. The number of rotatable bonds is 5. The lowest BCUT2D eigenvalue weighted by Gasteiger charge is -2.45. The van der Waals surface area contributed by atoms with E-state index in [9.17, 15) is 4.79 Å². The van der Waals surface area contributed by atoms with E-state index in [0.717, 1.165) is 16.2 Å². The number of esters is 1. The van der Waals surface area contributed by atoms with E-state index in [1.165, 1.54) is 11.6 Å². The molecule has 1 heterocycles. The zero-order valence-electron chi connectivity index (χ0n) is 16.5. The minimum absolute atomic E-state index is 0.309. The third-order valence-corrected chi connectivity index (χ3v) is 12.0. The molecule has 0 aliphatic carbocycles. The highest BCUT2D eigenvalue weighted by molar-refractivity contribution is 8.22. The molecule has 2 atom stereocenters. The quantitative estimate of drug-likeness (QED) is 0.439. The number of ether oxygens (including phenoxy) is 1. The molecule has 2 nitrogen and oxygen atoms in total. The van der Waals surface area contributed by atoms with Crippen LogP contribution in [-0.2, 0) is 26.5 Å². The molecule has 146 valence electrons. The van der Waals surface area contributed by atoms with E-state index in [4.69, 9.17) is 16.5 Å². The maximum Gasteiger partial charge on any atom is 0.331 e. The lowest BCUT2D eigenvalue weighted by atomic mass is 9.93. The Hall–Kier alpha value is -2.48.